The molecule has 0 N–H and O–H groups in total. The maximum Gasteiger partial charge on any atom is 0.246 e. The van der Waals surface area contributed by atoms with Crippen LogP contribution in [0.2, 0.25) is 0 Å². The number of fused-ring (bicyclic) bond motifs is 1. The molecule has 0 aromatic rings. The average Bonchev–Trinajstić information content (AvgIpc) is 2.51. The number of thioether (sulfide) groups is 1. The lowest BCUT2D eigenvalue weighted by atomic mass is 10.1. The van der Waals surface area contributed by atoms with Gasteiger partial charge in [0.05, 0.1) is 0 Å². The van der Waals surface area contributed by atoms with Crippen LogP contribution in [0, 0.1) is 0 Å². The van der Waals surface area contributed by atoms with Crippen molar-refractivity contribution in [2.24, 2.45) is 0 Å². The van der Waals surface area contributed by atoms with Gasteiger partial charge in [0, 0.05) is 16.6 Å². The standard InChI is InChI=1S/C9H13NO2S2/c1-9(2,3)10-6-7-8(4-5-13-7)14(10,11)12/h4-6,8H,1-3H3. The van der Waals surface area contributed by atoms with E-state index in [-0.39, 0.29) is 5.54 Å². The highest BCUT2D eigenvalue weighted by Gasteiger charge is 2.44. The van der Waals surface area contributed by atoms with Crippen LogP contribution in [-0.4, -0.2) is 23.5 Å². The van der Waals surface area contributed by atoms with Gasteiger partial charge in [-0.25, -0.2) is 8.42 Å². The summed E-state index contributed by atoms with van der Waals surface area (Å²) in [6, 6.07) is 0. The SMILES string of the molecule is CC(C)(C)N1C=C2SC=CC2S1(=O)=O. The zero-order valence-electron chi connectivity index (χ0n) is 8.39. The molecule has 78 valence electrons. The number of hydrogen-bond donors (Lipinski definition) is 0. The minimum atomic E-state index is -3.19. The first-order valence-corrected chi connectivity index (χ1v) is 6.80. The van der Waals surface area contributed by atoms with E-state index in [1.165, 1.54) is 16.1 Å². The summed E-state index contributed by atoms with van der Waals surface area (Å²) in [5.74, 6) is 0. The molecule has 2 aliphatic heterocycles. The molecule has 0 amide bonds. The quantitative estimate of drug-likeness (QED) is 0.639. The first-order chi connectivity index (χ1) is 6.33. The molecule has 5 heteroatoms. The summed E-state index contributed by atoms with van der Waals surface area (Å²) < 4.78 is 25.5. The Morgan fingerprint density at radius 2 is 2.07 bits per heavy atom. The number of hydrogen-bond acceptors (Lipinski definition) is 3. The first kappa shape index (κ1) is 10.1. The van der Waals surface area contributed by atoms with Crippen LogP contribution in [0.25, 0.3) is 0 Å². The minimum absolute atomic E-state index is 0.370. The summed E-state index contributed by atoms with van der Waals surface area (Å²) in [4.78, 5) is 0.917. The molecule has 0 aromatic carbocycles. The van der Waals surface area contributed by atoms with Gasteiger partial charge < -0.3 is 0 Å². The summed E-state index contributed by atoms with van der Waals surface area (Å²) in [6.07, 6.45) is 3.50. The van der Waals surface area contributed by atoms with Crippen molar-refractivity contribution in [1.29, 1.82) is 0 Å². The molecule has 0 aromatic heterocycles. The van der Waals surface area contributed by atoms with Crippen molar-refractivity contribution in [3.8, 4) is 0 Å². The Morgan fingerprint density at radius 1 is 1.43 bits per heavy atom. The third-order valence-electron chi connectivity index (χ3n) is 2.24. The van der Waals surface area contributed by atoms with E-state index in [9.17, 15) is 8.42 Å². The Bertz CT molecular complexity index is 415. The lowest BCUT2D eigenvalue weighted by molar-refractivity contribution is 0.324. The van der Waals surface area contributed by atoms with Crippen LogP contribution in [0.1, 0.15) is 20.8 Å². The van der Waals surface area contributed by atoms with Gasteiger partial charge in [0.25, 0.3) is 0 Å². The monoisotopic (exact) mass is 231 g/mol. The van der Waals surface area contributed by atoms with Crippen molar-refractivity contribution in [2.75, 3.05) is 0 Å². The van der Waals surface area contributed by atoms with Crippen molar-refractivity contribution in [1.82, 2.24) is 4.31 Å². The van der Waals surface area contributed by atoms with Crippen molar-refractivity contribution >= 4 is 21.8 Å². The van der Waals surface area contributed by atoms with Crippen molar-refractivity contribution in [3.05, 3.63) is 22.6 Å². The highest BCUT2D eigenvalue weighted by Crippen LogP contribution is 2.42. The Hall–Kier alpha value is -0.420. The molecule has 0 bridgehead atoms. The van der Waals surface area contributed by atoms with E-state index in [0.717, 1.165) is 4.91 Å². The third-order valence-corrected chi connectivity index (χ3v) is 5.57. The van der Waals surface area contributed by atoms with Gasteiger partial charge in [0.15, 0.2) is 0 Å². The van der Waals surface area contributed by atoms with Crippen LogP contribution in [0.15, 0.2) is 22.6 Å². The molecule has 0 fully saturated rings. The van der Waals surface area contributed by atoms with Gasteiger partial charge in [0.1, 0.15) is 5.25 Å². The molecule has 0 aliphatic carbocycles. The normalized spacial score (nSPS) is 29.2. The van der Waals surface area contributed by atoms with Crippen molar-refractivity contribution in [2.45, 2.75) is 31.6 Å². The highest BCUT2D eigenvalue weighted by atomic mass is 32.2. The molecule has 2 aliphatic rings. The van der Waals surface area contributed by atoms with Crippen LogP contribution >= 0.6 is 11.8 Å². The molecule has 2 rings (SSSR count). The van der Waals surface area contributed by atoms with E-state index in [1.807, 2.05) is 26.2 Å². The predicted molar refractivity (Wildman–Crippen MR) is 59.1 cm³/mol. The van der Waals surface area contributed by atoms with E-state index >= 15 is 0 Å². The van der Waals surface area contributed by atoms with Gasteiger partial charge in [-0.1, -0.05) is 17.8 Å². The molecule has 2 heterocycles. The maximum absolute atomic E-state index is 12.0. The Balaban J connectivity index is 2.46. The number of sulfonamides is 1. The second kappa shape index (κ2) is 2.79. The molecule has 3 nitrogen and oxygen atoms in total. The molecule has 0 saturated carbocycles. The fourth-order valence-corrected chi connectivity index (χ4v) is 4.96. The number of rotatable bonds is 0. The first-order valence-electron chi connectivity index (χ1n) is 4.42. The minimum Gasteiger partial charge on any atom is -0.270 e. The smallest absolute Gasteiger partial charge is 0.246 e. The van der Waals surface area contributed by atoms with E-state index in [1.54, 1.807) is 12.3 Å². The average molecular weight is 231 g/mol. The summed E-state index contributed by atoms with van der Waals surface area (Å²) in [7, 11) is -3.19. The van der Waals surface area contributed by atoms with E-state index in [0.29, 0.717) is 0 Å². The maximum atomic E-state index is 12.0. The summed E-state index contributed by atoms with van der Waals surface area (Å²) in [5, 5.41) is 1.42. The van der Waals surface area contributed by atoms with Crippen molar-refractivity contribution in [3.63, 3.8) is 0 Å². The van der Waals surface area contributed by atoms with E-state index in [4.69, 9.17) is 0 Å². The van der Waals surface area contributed by atoms with Gasteiger partial charge in [-0.05, 0) is 26.2 Å². The highest BCUT2D eigenvalue weighted by molar-refractivity contribution is 8.07. The van der Waals surface area contributed by atoms with Gasteiger partial charge in [-0.15, -0.1) is 0 Å². The Labute approximate surface area is 88.9 Å². The second-order valence-electron chi connectivity index (χ2n) is 4.41. The Kier molecular flexibility index (Phi) is 2.02. The molecule has 0 saturated heterocycles. The molecule has 1 atom stereocenters. The fraction of sp³-hybridized carbons (Fsp3) is 0.556. The van der Waals surface area contributed by atoms with Gasteiger partial charge >= 0.3 is 0 Å². The second-order valence-corrected chi connectivity index (χ2v) is 7.32. The molecular weight excluding hydrogens is 218 g/mol. The van der Waals surface area contributed by atoms with Crippen LogP contribution in [-0.2, 0) is 10.0 Å². The van der Waals surface area contributed by atoms with E-state index < -0.39 is 15.3 Å². The zero-order valence-corrected chi connectivity index (χ0v) is 10.0. The lowest BCUT2D eigenvalue weighted by Gasteiger charge is -2.31. The van der Waals surface area contributed by atoms with Crippen LogP contribution in [0.4, 0.5) is 0 Å². The summed E-state index contributed by atoms with van der Waals surface area (Å²) in [6.45, 7) is 5.70. The summed E-state index contributed by atoms with van der Waals surface area (Å²) in [5.41, 5.74) is -0.370. The molecule has 1 unspecified atom stereocenters. The largest absolute Gasteiger partial charge is 0.270 e. The predicted octanol–water partition coefficient (Wildman–Crippen LogP) is 1.90. The Morgan fingerprint density at radius 3 is 2.57 bits per heavy atom. The van der Waals surface area contributed by atoms with Gasteiger partial charge in [-0.2, -0.15) is 0 Å². The zero-order chi connectivity index (χ0) is 10.6. The lowest BCUT2D eigenvalue weighted by Crippen LogP contribution is -2.41. The molecule has 14 heavy (non-hydrogen) atoms. The fourth-order valence-electron chi connectivity index (χ4n) is 1.59. The third kappa shape index (κ3) is 1.30. The van der Waals surface area contributed by atoms with Crippen LogP contribution in [0.3, 0.4) is 0 Å². The molecule has 0 spiro atoms. The molecule has 0 radical (unpaired) electrons. The topological polar surface area (TPSA) is 37.4 Å². The van der Waals surface area contributed by atoms with Gasteiger partial charge in [-0.3, -0.25) is 4.31 Å². The number of nitrogens with zero attached hydrogens (tertiary/aromatic N) is 1. The molecular formula is C9H13NO2S2. The van der Waals surface area contributed by atoms with Gasteiger partial charge in [0.2, 0.25) is 10.0 Å². The van der Waals surface area contributed by atoms with Crippen LogP contribution < -0.4 is 0 Å². The van der Waals surface area contributed by atoms with E-state index in [2.05, 4.69) is 0 Å². The van der Waals surface area contributed by atoms with Crippen LogP contribution in [0.5, 0.6) is 0 Å². The van der Waals surface area contributed by atoms with Crippen molar-refractivity contribution < 1.29 is 8.42 Å². The summed E-state index contributed by atoms with van der Waals surface area (Å²) >= 11 is 1.49.